The molecule has 3 amide bonds. The van der Waals surface area contributed by atoms with Gasteiger partial charge in [0.2, 0.25) is 5.91 Å². The third-order valence-corrected chi connectivity index (χ3v) is 1.70. The van der Waals surface area contributed by atoms with Crippen LogP contribution in [-0.2, 0) is 4.79 Å². The molecule has 1 aromatic rings. The summed E-state index contributed by atoms with van der Waals surface area (Å²) in [6, 6.07) is 6.29. The molecule has 0 bridgehead atoms. The first-order valence-electron chi connectivity index (χ1n) is 4.59. The Morgan fingerprint density at radius 3 is 2.25 bits per heavy atom. The Morgan fingerprint density at radius 1 is 1.12 bits per heavy atom. The molecule has 1 aromatic carbocycles. The topological polar surface area (TPSA) is 79.5 Å². The zero-order valence-electron chi connectivity index (χ0n) is 9.03. The predicted octanol–water partition coefficient (Wildman–Crippen LogP) is 0.868. The summed E-state index contributed by atoms with van der Waals surface area (Å²) < 4.78 is 4.97. The van der Waals surface area contributed by atoms with Crippen molar-refractivity contribution in [2.75, 3.05) is 12.4 Å². The van der Waals surface area contributed by atoms with Crippen molar-refractivity contribution < 1.29 is 14.3 Å². The minimum Gasteiger partial charge on any atom is -0.497 e. The van der Waals surface area contributed by atoms with Crippen molar-refractivity contribution in [2.45, 2.75) is 6.92 Å². The molecule has 0 spiro atoms. The fraction of sp³-hybridized carbons (Fsp3) is 0.200. The van der Waals surface area contributed by atoms with Crippen LogP contribution >= 0.6 is 0 Å². The van der Waals surface area contributed by atoms with Crippen molar-refractivity contribution in [1.82, 2.24) is 10.9 Å². The summed E-state index contributed by atoms with van der Waals surface area (Å²) in [6.07, 6.45) is 0. The number of methoxy groups -OCH3 is 1. The maximum atomic E-state index is 11.2. The average Bonchev–Trinajstić information content (AvgIpc) is 2.27. The van der Waals surface area contributed by atoms with Gasteiger partial charge in [0.25, 0.3) is 0 Å². The van der Waals surface area contributed by atoms with E-state index in [-0.39, 0.29) is 5.91 Å². The van der Waals surface area contributed by atoms with Crippen molar-refractivity contribution in [3.8, 4) is 5.75 Å². The van der Waals surface area contributed by atoms with Gasteiger partial charge in [-0.3, -0.25) is 10.2 Å². The van der Waals surface area contributed by atoms with Gasteiger partial charge in [0.15, 0.2) is 0 Å². The molecule has 0 unspecified atom stereocenters. The van der Waals surface area contributed by atoms with Gasteiger partial charge >= 0.3 is 6.03 Å². The maximum absolute atomic E-state index is 11.2. The molecule has 86 valence electrons. The fourth-order valence-electron chi connectivity index (χ4n) is 0.981. The van der Waals surface area contributed by atoms with E-state index < -0.39 is 6.03 Å². The third-order valence-electron chi connectivity index (χ3n) is 1.70. The van der Waals surface area contributed by atoms with Crippen molar-refractivity contribution in [3.63, 3.8) is 0 Å². The van der Waals surface area contributed by atoms with Crippen molar-refractivity contribution in [2.24, 2.45) is 0 Å². The Balaban J connectivity index is 2.46. The number of carbonyl (C=O) groups is 2. The highest BCUT2D eigenvalue weighted by atomic mass is 16.5. The first-order chi connectivity index (χ1) is 7.61. The van der Waals surface area contributed by atoms with Crippen LogP contribution in [0.3, 0.4) is 0 Å². The number of ether oxygens (including phenoxy) is 1. The van der Waals surface area contributed by atoms with Crippen LogP contribution in [0.5, 0.6) is 5.75 Å². The summed E-state index contributed by atoms with van der Waals surface area (Å²) >= 11 is 0. The largest absolute Gasteiger partial charge is 0.497 e. The van der Waals surface area contributed by atoms with E-state index in [1.54, 1.807) is 31.4 Å². The SMILES string of the molecule is COc1ccc(NC(=O)NNC(C)=O)cc1. The van der Waals surface area contributed by atoms with Crippen molar-refractivity contribution >= 4 is 17.6 Å². The van der Waals surface area contributed by atoms with Crippen LogP contribution in [0.2, 0.25) is 0 Å². The van der Waals surface area contributed by atoms with Crippen LogP contribution in [-0.4, -0.2) is 19.0 Å². The molecule has 0 aliphatic heterocycles. The number of urea groups is 1. The lowest BCUT2D eigenvalue weighted by Crippen LogP contribution is -2.42. The van der Waals surface area contributed by atoms with Gasteiger partial charge in [0.1, 0.15) is 5.75 Å². The molecule has 0 aliphatic rings. The summed E-state index contributed by atoms with van der Waals surface area (Å²) in [6.45, 7) is 1.30. The Bertz CT molecular complexity index is 375. The lowest BCUT2D eigenvalue weighted by atomic mass is 10.3. The smallest absolute Gasteiger partial charge is 0.337 e. The molecule has 0 aliphatic carbocycles. The molecule has 3 N–H and O–H groups in total. The van der Waals surface area contributed by atoms with Gasteiger partial charge < -0.3 is 10.1 Å². The van der Waals surface area contributed by atoms with Crippen LogP contribution in [0.25, 0.3) is 0 Å². The highest BCUT2D eigenvalue weighted by Gasteiger charge is 2.01. The normalized spacial score (nSPS) is 9.12. The molecule has 0 saturated heterocycles. The molecule has 6 heteroatoms. The van der Waals surface area contributed by atoms with E-state index in [1.807, 2.05) is 0 Å². The van der Waals surface area contributed by atoms with E-state index in [0.717, 1.165) is 0 Å². The number of carbonyl (C=O) groups excluding carboxylic acids is 2. The molecular weight excluding hydrogens is 210 g/mol. The van der Waals surface area contributed by atoms with Gasteiger partial charge in [0, 0.05) is 12.6 Å². The fourth-order valence-corrected chi connectivity index (χ4v) is 0.981. The molecule has 0 fully saturated rings. The highest BCUT2D eigenvalue weighted by Crippen LogP contribution is 2.14. The van der Waals surface area contributed by atoms with Crippen molar-refractivity contribution in [3.05, 3.63) is 24.3 Å². The van der Waals surface area contributed by atoms with E-state index in [4.69, 9.17) is 4.74 Å². The second-order valence-electron chi connectivity index (χ2n) is 2.99. The molecule has 16 heavy (non-hydrogen) atoms. The van der Waals surface area contributed by atoms with Gasteiger partial charge in [-0.1, -0.05) is 0 Å². The first-order valence-corrected chi connectivity index (χ1v) is 4.59. The number of nitrogens with one attached hydrogen (secondary N) is 3. The van der Waals surface area contributed by atoms with Crippen LogP contribution in [0.4, 0.5) is 10.5 Å². The summed E-state index contributed by atoms with van der Waals surface area (Å²) in [5, 5.41) is 2.53. The number of hydrogen-bond acceptors (Lipinski definition) is 3. The maximum Gasteiger partial charge on any atom is 0.337 e. The molecule has 0 atom stereocenters. The summed E-state index contributed by atoms with van der Waals surface area (Å²) in [5.74, 6) is 0.359. The number of benzene rings is 1. The standard InChI is InChI=1S/C10H13N3O3/c1-7(14)12-13-10(15)11-8-3-5-9(16-2)6-4-8/h3-6H,1-2H3,(H,12,14)(H2,11,13,15). The second-order valence-corrected chi connectivity index (χ2v) is 2.99. The average molecular weight is 223 g/mol. The minimum atomic E-state index is -0.514. The number of hydrogen-bond donors (Lipinski definition) is 3. The Labute approximate surface area is 92.9 Å². The van der Waals surface area contributed by atoms with Gasteiger partial charge in [-0.25, -0.2) is 10.2 Å². The van der Waals surface area contributed by atoms with Crippen LogP contribution < -0.4 is 20.9 Å². The molecule has 0 saturated carbocycles. The number of rotatable bonds is 2. The van der Waals surface area contributed by atoms with E-state index in [9.17, 15) is 9.59 Å². The highest BCUT2D eigenvalue weighted by molar-refractivity contribution is 5.90. The third kappa shape index (κ3) is 3.87. The Morgan fingerprint density at radius 2 is 1.75 bits per heavy atom. The quantitative estimate of drug-likeness (QED) is 0.651. The lowest BCUT2D eigenvalue weighted by Gasteiger charge is -2.07. The predicted molar refractivity (Wildman–Crippen MR) is 59.0 cm³/mol. The van der Waals surface area contributed by atoms with Crippen LogP contribution in [0.15, 0.2) is 24.3 Å². The zero-order valence-corrected chi connectivity index (χ0v) is 9.03. The summed E-state index contributed by atoms with van der Waals surface area (Å²) in [5.41, 5.74) is 4.94. The van der Waals surface area contributed by atoms with E-state index in [1.165, 1.54) is 6.92 Å². The van der Waals surface area contributed by atoms with Gasteiger partial charge in [-0.15, -0.1) is 0 Å². The molecule has 0 radical (unpaired) electrons. The molecule has 0 aromatic heterocycles. The number of hydrazine groups is 1. The van der Waals surface area contributed by atoms with E-state index in [2.05, 4.69) is 16.2 Å². The minimum absolute atomic E-state index is 0.343. The van der Waals surface area contributed by atoms with Gasteiger partial charge in [-0.05, 0) is 24.3 Å². The van der Waals surface area contributed by atoms with E-state index >= 15 is 0 Å². The molecule has 0 heterocycles. The van der Waals surface area contributed by atoms with Gasteiger partial charge in [0.05, 0.1) is 7.11 Å². The molecular formula is C10H13N3O3. The Kier molecular flexibility index (Phi) is 4.14. The monoisotopic (exact) mass is 223 g/mol. The van der Waals surface area contributed by atoms with Crippen molar-refractivity contribution in [1.29, 1.82) is 0 Å². The first kappa shape index (κ1) is 11.8. The van der Waals surface area contributed by atoms with Gasteiger partial charge in [-0.2, -0.15) is 0 Å². The van der Waals surface area contributed by atoms with Crippen LogP contribution in [0.1, 0.15) is 6.92 Å². The number of amides is 3. The molecule has 1 rings (SSSR count). The second kappa shape index (κ2) is 5.59. The molecule has 6 nitrogen and oxygen atoms in total. The van der Waals surface area contributed by atoms with Crippen LogP contribution in [0, 0.1) is 0 Å². The number of anilines is 1. The summed E-state index contributed by atoms with van der Waals surface area (Å²) in [7, 11) is 1.56. The lowest BCUT2D eigenvalue weighted by molar-refractivity contribution is -0.119. The summed E-state index contributed by atoms with van der Waals surface area (Å²) in [4.78, 5) is 21.7. The zero-order chi connectivity index (χ0) is 12.0. The van der Waals surface area contributed by atoms with E-state index in [0.29, 0.717) is 11.4 Å². The Hall–Kier alpha value is -2.24.